The number of hydrogen-bond donors (Lipinski definition) is 1. The summed E-state index contributed by atoms with van der Waals surface area (Å²) >= 11 is 0. The number of carbonyl (C=O) groups is 2. The number of hydrogen-bond acceptors (Lipinski definition) is 3. The molecule has 68 valence electrons. The molecule has 2 rings (SSSR count). The predicted molar refractivity (Wildman–Crippen MR) is 42.5 cm³/mol. The van der Waals surface area contributed by atoms with Crippen LogP contribution < -0.4 is 0 Å². The summed E-state index contributed by atoms with van der Waals surface area (Å²) in [7, 11) is 0. The van der Waals surface area contributed by atoms with Gasteiger partial charge in [0.05, 0.1) is 6.26 Å². The Labute approximate surface area is 74.2 Å². The lowest BCUT2D eigenvalue weighted by Gasteiger charge is -1.93. The molecule has 13 heavy (non-hydrogen) atoms. The number of ketones is 1. The number of carboxylic acid groups (broad SMARTS) is 1. The Morgan fingerprint density at radius 2 is 2.31 bits per heavy atom. The van der Waals surface area contributed by atoms with Crippen molar-refractivity contribution in [3.8, 4) is 0 Å². The van der Waals surface area contributed by atoms with Crippen LogP contribution >= 0.6 is 0 Å². The first-order valence-corrected chi connectivity index (χ1v) is 3.98. The summed E-state index contributed by atoms with van der Waals surface area (Å²) in [6.07, 6.45) is 2.06. The highest BCUT2D eigenvalue weighted by molar-refractivity contribution is 5.88. The fraction of sp³-hybridized carbons (Fsp3) is 0.333. The molecule has 0 spiro atoms. The Bertz CT molecular complexity index is 375. The Kier molecular flexibility index (Phi) is 1.69. The van der Waals surface area contributed by atoms with Gasteiger partial charge in [0, 0.05) is 24.0 Å². The van der Waals surface area contributed by atoms with Crippen LogP contribution in [0.4, 0.5) is 0 Å². The predicted octanol–water partition coefficient (Wildman–Crippen LogP) is 0.574. The van der Waals surface area contributed by atoms with Crippen LogP contribution in [0.5, 0.6) is 0 Å². The van der Waals surface area contributed by atoms with Crippen molar-refractivity contribution in [3.05, 3.63) is 23.2 Å². The molecule has 0 fully saturated rings. The summed E-state index contributed by atoms with van der Waals surface area (Å²) in [6.45, 7) is 0. The molecule has 0 aliphatic heterocycles. The molecular formula is C9H8O4. The molecular weight excluding hydrogens is 172 g/mol. The number of furan rings is 1. The maximum Gasteiger partial charge on any atom is 0.311 e. The standard InChI is InChI=1S/C9H8O4/c10-6-1-5-4-13-8(3-9(11)12)7(5)2-6/h4H,1-3H2,(H,11,12). The van der Waals surface area contributed by atoms with E-state index in [9.17, 15) is 9.59 Å². The van der Waals surface area contributed by atoms with Gasteiger partial charge in [-0.15, -0.1) is 0 Å². The lowest BCUT2D eigenvalue weighted by Crippen LogP contribution is -2.02. The van der Waals surface area contributed by atoms with Crippen molar-refractivity contribution in [3.63, 3.8) is 0 Å². The van der Waals surface area contributed by atoms with Gasteiger partial charge >= 0.3 is 5.97 Å². The molecule has 1 aliphatic rings. The quantitative estimate of drug-likeness (QED) is 0.722. The summed E-state index contributed by atoms with van der Waals surface area (Å²) in [6, 6.07) is 0. The number of fused-ring (bicyclic) bond motifs is 1. The largest absolute Gasteiger partial charge is 0.481 e. The topological polar surface area (TPSA) is 67.5 Å². The van der Waals surface area contributed by atoms with Crippen LogP contribution in [0.25, 0.3) is 0 Å². The smallest absolute Gasteiger partial charge is 0.311 e. The van der Waals surface area contributed by atoms with E-state index in [2.05, 4.69) is 0 Å². The lowest BCUT2D eigenvalue weighted by atomic mass is 10.1. The summed E-state index contributed by atoms with van der Waals surface area (Å²) < 4.78 is 5.06. The minimum Gasteiger partial charge on any atom is -0.481 e. The monoisotopic (exact) mass is 180 g/mol. The van der Waals surface area contributed by atoms with Gasteiger partial charge in [0.15, 0.2) is 0 Å². The molecule has 0 saturated heterocycles. The maximum atomic E-state index is 11.0. The van der Waals surface area contributed by atoms with Gasteiger partial charge in [-0.25, -0.2) is 0 Å². The van der Waals surface area contributed by atoms with Crippen molar-refractivity contribution in [1.29, 1.82) is 0 Å². The van der Waals surface area contributed by atoms with Crippen molar-refractivity contribution in [1.82, 2.24) is 0 Å². The maximum absolute atomic E-state index is 11.0. The summed E-state index contributed by atoms with van der Waals surface area (Å²) in [4.78, 5) is 21.4. The van der Waals surface area contributed by atoms with Gasteiger partial charge in [-0.1, -0.05) is 0 Å². The SMILES string of the molecule is O=C(O)Cc1occ2c1CC(=O)C2. The molecule has 1 heterocycles. The Morgan fingerprint density at radius 3 is 3.00 bits per heavy atom. The molecule has 0 bridgehead atoms. The lowest BCUT2D eigenvalue weighted by molar-refractivity contribution is -0.136. The van der Waals surface area contributed by atoms with Crippen molar-refractivity contribution >= 4 is 11.8 Å². The number of aliphatic carboxylic acids is 1. The summed E-state index contributed by atoms with van der Waals surface area (Å²) in [5.41, 5.74) is 1.63. The zero-order valence-corrected chi connectivity index (χ0v) is 6.87. The first kappa shape index (κ1) is 8.04. The van der Waals surface area contributed by atoms with Crippen LogP contribution in [0.15, 0.2) is 10.7 Å². The van der Waals surface area contributed by atoms with Crippen molar-refractivity contribution < 1.29 is 19.1 Å². The van der Waals surface area contributed by atoms with E-state index in [0.717, 1.165) is 11.1 Å². The third-order valence-electron chi connectivity index (χ3n) is 2.14. The number of carbonyl (C=O) groups excluding carboxylic acids is 1. The highest BCUT2D eigenvalue weighted by atomic mass is 16.4. The molecule has 0 amide bonds. The number of Topliss-reactive ketones (excluding diaryl/α,β-unsaturated/α-hetero) is 1. The van der Waals surface area contributed by atoms with E-state index < -0.39 is 5.97 Å². The van der Waals surface area contributed by atoms with Crippen LogP contribution in [0.1, 0.15) is 16.9 Å². The van der Waals surface area contributed by atoms with Crippen molar-refractivity contribution in [2.45, 2.75) is 19.3 Å². The second-order valence-corrected chi connectivity index (χ2v) is 3.13. The Hall–Kier alpha value is -1.58. The molecule has 1 aliphatic carbocycles. The van der Waals surface area contributed by atoms with Gasteiger partial charge in [-0.3, -0.25) is 9.59 Å². The third-order valence-corrected chi connectivity index (χ3v) is 2.14. The van der Waals surface area contributed by atoms with Gasteiger partial charge in [0.25, 0.3) is 0 Å². The second-order valence-electron chi connectivity index (χ2n) is 3.13. The van der Waals surface area contributed by atoms with E-state index in [1.165, 1.54) is 6.26 Å². The zero-order valence-electron chi connectivity index (χ0n) is 6.87. The summed E-state index contributed by atoms with van der Waals surface area (Å²) in [5.74, 6) is -0.378. The van der Waals surface area contributed by atoms with E-state index in [1.54, 1.807) is 0 Å². The molecule has 0 aromatic carbocycles. The molecule has 0 atom stereocenters. The van der Waals surface area contributed by atoms with Gasteiger partial charge < -0.3 is 9.52 Å². The number of carboxylic acids is 1. The molecule has 4 nitrogen and oxygen atoms in total. The summed E-state index contributed by atoms with van der Waals surface area (Å²) in [5, 5.41) is 8.54. The molecule has 1 aromatic heterocycles. The highest BCUT2D eigenvalue weighted by Crippen LogP contribution is 2.25. The minimum absolute atomic E-state index is 0.132. The van der Waals surface area contributed by atoms with Gasteiger partial charge in [-0.2, -0.15) is 0 Å². The fourth-order valence-electron chi connectivity index (χ4n) is 1.58. The van der Waals surface area contributed by atoms with Gasteiger partial charge in [-0.05, 0) is 0 Å². The third kappa shape index (κ3) is 1.35. The van der Waals surface area contributed by atoms with E-state index in [4.69, 9.17) is 9.52 Å². The Balaban J connectivity index is 2.30. The van der Waals surface area contributed by atoms with Crippen LogP contribution in [-0.2, 0) is 28.9 Å². The van der Waals surface area contributed by atoms with Crippen molar-refractivity contribution in [2.75, 3.05) is 0 Å². The Morgan fingerprint density at radius 1 is 1.54 bits per heavy atom. The highest BCUT2D eigenvalue weighted by Gasteiger charge is 2.25. The zero-order chi connectivity index (χ0) is 9.42. The molecule has 0 saturated carbocycles. The first-order valence-electron chi connectivity index (χ1n) is 3.98. The molecule has 1 aromatic rings. The molecule has 0 unspecified atom stereocenters. The minimum atomic E-state index is -0.934. The molecule has 1 N–H and O–H groups in total. The van der Waals surface area contributed by atoms with E-state index >= 15 is 0 Å². The van der Waals surface area contributed by atoms with Gasteiger partial charge in [0.2, 0.25) is 0 Å². The van der Waals surface area contributed by atoms with E-state index in [0.29, 0.717) is 18.6 Å². The van der Waals surface area contributed by atoms with Gasteiger partial charge in [0.1, 0.15) is 18.0 Å². The van der Waals surface area contributed by atoms with Crippen molar-refractivity contribution in [2.24, 2.45) is 0 Å². The first-order chi connectivity index (χ1) is 6.16. The molecule has 0 radical (unpaired) electrons. The van der Waals surface area contributed by atoms with Crippen LogP contribution in [0.2, 0.25) is 0 Å². The second kappa shape index (κ2) is 2.73. The average molecular weight is 180 g/mol. The van der Waals surface area contributed by atoms with E-state index in [-0.39, 0.29) is 12.2 Å². The van der Waals surface area contributed by atoms with Crippen LogP contribution in [0, 0.1) is 0 Å². The average Bonchev–Trinajstić information content (AvgIpc) is 2.51. The number of rotatable bonds is 2. The fourth-order valence-corrected chi connectivity index (χ4v) is 1.58. The van der Waals surface area contributed by atoms with Crippen LogP contribution in [0.3, 0.4) is 0 Å². The van der Waals surface area contributed by atoms with Crippen LogP contribution in [-0.4, -0.2) is 16.9 Å². The normalized spacial score (nSPS) is 14.6. The van der Waals surface area contributed by atoms with E-state index in [1.807, 2.05) is 0 Å². The molecule has 4 heteroatoms.